The second-order valence-electron chi connectivity index (χ2n) is 12.8. The molecule has 0 spiro atoms. The quantitative estimate of drug-likeness (QED) is 0.162. The second kappa shape index (κ2) is 14.8. The number of fused-ring (bicyclic) bond motifs is 2. The van der Waals surface area contributed by atoms with Crippen LogP contribution in [0.2, 0.25) is 0 Å². The molecular formula is C35H41Br2FN8O2. The number of nitrogens with zero attached hydrogens (tertiary/aromatic N) is 5. The standard InChI is InChI=1S/C35H41Br2FN8O2/c1-43(2)13-5-14-46-31-21-24(38)8-9-29(31)40-33(46)30(20-22-18-26(36)32(39)27(37)19-22)42-34(47)44-15-11-25(12-16-44)45-17-10-23-6-3-4-7-28(23)41-35(45)48/h3-4,6-9,18-19,21,25,30H,5,10-17,20,39H2,1-2H3,(H,41,48)(H,42,47)/t30-/m1/s1. The zero-order chi connectivity index (χ0) is 33.9. The van der Waals surface area contributed by atoms with E-state index < -0.39 is 6.04 Å². The monoisotopic (exact) mass is 782 g/mol. The summed E-state index contributed by atoms with van der Waals surface area (Å²) in [5.74, 6) is 0.335. The van der Waals surface area contributed by atoms with Crippen molar-refractivity contribution in [3.8, 4) is 0 Å². The minimum absolute atomic E-state index is 0.0411. The van der Waals surface area contributed by atoms with Gasteiger partial charge >= 0.3 is 12.1 Å². The highest BCUT2D eigenvalue weighted by Gasteiger charge is 2.33. The molecule has 0 radical (unpaired) electrons. The zero-order valence-electron chi connectivity index (χ0n) is 27.2. The van der Waals surface area contributed by atoms with Gasteiger partial charge < -0.3 is 35.6 Å². The van der Waals surface area contributed by atoms with Gasteiger partial charge in [-0.25, -0.2) is 19.0 Å². The molecule has 1 aromatic heterocycles. The highest BCUT2D eigenvalue weighted by molar-refractivity contribution is 9.11. The molecule has 4 amide bonds. The number of para-hydroxylation sites is 1. The van der Waals surface area contributed by atoms with Gasteiger partial charge in [0, 0.05) is 53.3 Å². The highest BCUT2D eigenvalue weighted by atomic mass is 79.9. The van der Waals surface area contributed by atoms with Crippen molar-refractivity contribution in [3.05, 3.63) is 86.3 Å². The molecule has 6 rings (SSSR count). The number of benzene rings is 3. The van der Waals surface area contributed by atoms with E-state index in [2.05, 4.69) is 53.5 Å². The number of carbonyl (C=O) groups is 2. The molecule has 4 N–H and O–H groups in total. The summed E-state index contributed by atoms with van der Waals surface area (Å²) >= 11 is 7.12. The first-order chi connectivity index (χ1) is 23.1. The van der Waals surface area contributed by atoms with Crippen LogP contribution in [0.15, 0.2) is 63.5 Å². The van der Waals surface area contributed by atoms with Crippen LogP contribution in [-0.2, 0) is 19.4 Å². The smallest absolute Gasteiger partial charge is 0.322 e. The first-order valence-electron chi connectivity index (χ1n) is 16.3. The second-order valence-corrected chi connectivity index (χ2v) is 14.5. The van der Waals surface area contributed by atoms with Crippen molar-refractivity contribution in [1.82, 2.24) is 29.6 Å². The number of hydrogen-bond donors (Lipinski definition) is 3. The summed E-state index contributed by atoms with van der Waals surface area (Å²) < 4.78 is 18.0. The van der Waals surface area contributed by atoms with Crippen LogP contribution in [-0.4, -0.2) is 82.6 Å². The maximum Gasteiger partial charge on any atom is 0.322 e. The van der Waals surface area contributed by atoms with Crippen LogP contribution in [0.1, 0.15) is 42.3 Å². The Hall–Kier alpha value is -3.68. The summed E-state index contributed by atoms with van der Waals surface area (Å²) in [5, 5.41) is 6.36. The van der Waals surface area contributed by atoms with Gasteiger partial charge in [0.1, 0.15) is 11.6 Å². The van der Waals surface area contributed by atoms with Crippen LogP contribution in [0.25, 0.3) is 11.0 Å². The third-order valence-electron chi connectivity index (χ3n) is 9.25. The molecule has 0 aliphatic carbocycles. The van der Waals surface area contributed by atoms with Crippen LogP contribution in [0.5, 0.6) is 0 Å². The molecule has 10 nitrogen and oxygen atoms in total. The molecule has 2 aliphatic rings. The molecule has 2 aliphatic heterocycles. The molecular weight excluding hydrogens is 743 g/mol. The summed E-state index contributed by atoms with van der Waals surface area (Å²) in [7, 11) is 4.04. The van der Waals surface area contributed by atoms with E-state index in [-0.39, 0.29) is 23.9 Å². The molecule has 3 heterocycles. The van der Waals surface area contributed by atoms with Crippen molar-refractivity contribution >= 4 is 66.3 Å². The lowest BCUT2D eigenvalue weighted by molar-refractivity contribution is 0.133. The number of nitrogens with two attached hydrogens (primary N) is 1. The topological polar surface area (TPSA) is 112 Å². The van der Waals surface area contributed by atoms with E-state index >= 15 is 0 Å². The van der Waals surface area contributed by atoms with Crippen LogP contribution in [0, 0.1) is 5.82 Å². The summed E-state index contributed by atoms with van der Waals surface area (Å²) in [6, 6.07) is 15.7. The number of imidazole rings is 1. The molecule has 0 saturated carbocycles. The first-order valence-corrected chi connectivity index (χ1v) is 17.9. The average Bonchev–Trinajstić information content (AvgIpc) is 3.31. The van der Waals surface area contributed by atoms with Gasteiger partial charge in [-0.3, -0.25) is 0 Å². The third kappa shape index (κ3) is 7.63. The Morgan fingerprint density at radius 1 is 1.10 bits per heavy atom. The van der Waals surface area contributed by atoms with Crippen molar-refractivity contribution in [3.63, 3.8) is 0 Å². The molecule has 0 unspecified atom stereocenters. The van der Waals surface area contributed by atoms with Gasteiger partial charge in [-0.2, -0.15) is 0 Å². The Balaban J connectivity index is 1.22. The Labute approximate surface area is 297 Å². The summed E-state index contributed by atoms with van der Waals surface area (Å²) in [5.41, 5.74) is 11.1. The molecule has 4 aromatic rings. The zero-order valence-corrected chi connectivity index (χ0v) is 30.4. The lowest BCUT2D eigenvalue weighted by atomic mass is 10.0. The predicted octanol–water partition coefficient (Wildman–Crippen LogP) is 6.78. The number of urea groups is 2. The highest BCUT2D eigenvalue weighted by Crippen LogP contribution is 2.33. The van der Waals surface area contributed by atoms with Crippen molar-refractivity contribution < 1.29 is 14.0 Å². The summed E-state index contributed by atoms with van der Waals surface area (Å²) in [6.07, 6.45) is 3.41. The third-order valence-corrected chi connectivity index (χ3v) is 10.6. The van der Waals surface area contributed by atoms with Crippen molar-refractivity contribution in [2.75, 3.05) is 51.3 Å². The summed E-state index contributed by atoms with van der Waals surface area (Å²) in [4.78, 5) is 37.9. The maximum atomic E-state index is 14.5. The number of rotatable bonds is 9. The number of carbonyl (C=O) groups excluding carboxylic acids is 2. The van der Waals surface area contributed by atoms with E-state index in [4.69, 9.17) is 10.7 Å². The fourth-order valence-electron chi connectivity index (χ4n) is 6.72. The normalized spacial score (nSPS) is 16.2. The number of amides is 4. The van der Waals surface area contributed by atoms with E-state index in [9.17, 15) is 14.0 Å². The van der Waals surface area contributed by atoms with E-state index in [0.717, 1.165) is 45.1 Å². The van der Waals surface area contributed by atoms with Gasteiger partial charge in [-0.15, -0.1) is 0 Å². The van der Waals surface area contributed by atoms with Crippen LogP contribution in [0.4, 0.5) is 25.4 Å². The number of aromatic nitrogens is 2. The number of nitrogen functional groups attached to an aromatic ring is 1. The lowest BCUT2D eigenvalue weighted by Gasteiger charge is -2.38. The largest absolute Gasteiger partial charge is 0.397 e. The van der Waals surface area contributed by atoms with Crippen LogP contribution >= 0.6 is 31.9 Å². The van der Waals surface area contributed by atoms with Gasteiger partial charge in [0.05, 0.1) is 22.8 Å². The molecule has 3 aromatic carbocycles. The number of anilines is 2. The lowest BCUT2D eigenvalue weighted by Crippen LogP contribution is -2.52. The Bertz CT molecular complexity index is 1780. The Morgan fingerprint density at radius 2 is 1.83 bits per heavy atom. The number of aryl methyl sites for hydroxylation is 1. The fraction of sp³-hybridized carbons (Fsp3) is 0.400. The summed E-state index contributed by atoms with van der Waals surface area (Å²) in [6.45, 7) is 3.13. The van der Waals surface area contributed by atoms with Gasteiger partial charge in [-0.05, 0) is 126 Å². The number of halogens is 3. The van der Waals surface area contributed by atoms with Gasteiger partial charge in [0.15, 0.2) is 0 Å². The van der Waals surface area contributed by atoms with Gasteiger partial charge in [0.2, 0.25) is 0 Å². The Kier molecular flexibility index (Phi) is 10.6. The van der Waals surface area contributed by atoms with Crippen molar-refractivity contribution in [2.45, 2.75) is 50.7 Å². The van der Waals surface area contributed by atoms with Gasteiger partial charge in [0.25, 0.3) is 0 Å². The SMILES string of the molecule is CN(C)CCCn1c([C@@H](Cc2cc(Br)c(N)c(Br)c2)NC(=O)N2CCC(N3CCc4ccccc4NC3=O)CC2)nc2ccc(F)cc21. The molecule has 1 saturated heterocycles. The molecule has 1 atom stereocenters. The number of hydrogen-bond acceptors (Lipinski definition) is 5. The Morgan fingerprint density at radius 3 is 2.56 bits per heavy atom. The molecule has 254 valence electrons. The van der Waals surface area contributed by atoms with Crippen LogP contribution < -0.4 is 16.4 Å². The van der Waals surface area contributed by atoms with Crippen LogP contribution in [0.3, 0.4) is 0 Å². The van der Waals surface area contributed by atoms with E-state index in [1.165, 1.54) is 12.1 Å². The number of nitrogens with one attached hydrogen (secondary N) is 2. The van der Waals surface area contributed by atoms with E-state index in [0.29, 0.717) is 68.0 Å². The number of likely N-dealkylation sites (tertiary alicyclic amines) is 1. The first kappa shape index (κ1) is 34.2. The predicted molar refractivity (Wildman–Crippen MR) is 195 cm³/mol. The molecule has 0 bridgehead atoms. The molecule has 48 heavy (non-hydrogen) atoms. The van der Waals surface area contributed by atoms with Crippen molar-refractivity contribution in [1.29, 1.82) is 0 Å². The van der Waals surface area contributed by atoms with Crippen molar-refractivity contribution in [2.24, 2.45) is 0 Å². The minimum atomic E-state index is -0.512. The van der Waals surface area contributed by atoms with E-state index in [1.807, 2.05) is 58.8 Å². The van der Waals surface area contributed by atoms with Gasteiger partial charge in [-0.1, -0.05) is 18.2 Å². The average molecular weight is 785 g/mol. The minimum Gasteiger partial charge on any atom is -0.397 e. The molecule has 13 heteroatoms. The fourth-order valence-corrected chi connectivity index (χ4v) is 8.00. The van der Waals surface area contributed by atoms with E-state index in [1.54, 1.807) is 6.07 Å². The molecule has 1 fully saturated rings. The maximum absolute atomic E-state index is 14.5. The number of piperidine rings is 1.